The summed E-state index contributed by atoms with van der Waals surface area (Å²) in [7, 11) is 0. The first-order chi connectivity index (χ1) is 15.1. The minimum atomic E-state index is -0.533. The molecule has 0 atom stereocenters. The van der Waals surface area contributed by atoms with Crippen LogP contribution >= 0.6 is 0 Å². The van der Waals surface area contributed by atoms with Gasteiger partial charge in [-0.15, -0.1) is 0 Å². The molecule has 1 aliphatic heterocycles. The van der Waals surface area contributed by atoms with Gasteiger partial charge in [0, 0.05) is 23.7 Å². The largest absolute Gasteiger partial charge is 0.351 e. The van der Waals surface area contributed by atoms with E-state index in [1.165, 1.54) is 0 Å². The van der Waals surface area contributed by atoms with Gasteiger partial charge in [0.2, 0.25) is 11.9 Å². The predicted octanol–water partition coefficient (Wildman–Crippen LogP) is 1.21. The fourth-order valence-corrected chi connectivity index (χ4v) is 4.12. The summed E-state index contributed by atoms with van der Waals surface area (Å²) >= 11 is 0. The number of amides is 3. The molecular formula is C20H27N9O2. The van der Waals surface area contributed by atoms with Crippen molar-refractivity contribution in [2.24, 2.45) is 0 Å². The molecule has 2 saturated carbocycles. The van der Waals surface area contributed by atoms with Gasteiger partial charge >= 0.3 is 6.03 Å². The number of aromatic nitrogens is 4. The number of carbonyl (C=O) groups is 2. The van der Waals surface area contributed by atoms with Crippen LogP contribution in [0, 0.1) is 0 Å². The summed E-state index contributed by atoms with van der Waals surface area (Å²) in [5.74, 6) is 0.703. The second kappa shape index (κ2) is 8.14. The molecule has 5 rings (SSSR count). The SMILES string of the molecule is CCNC1CCC(Nc2nc(NC3CC3)n3ncc(/C=C4\NC(=O)NC4=O)c3n2)CC1. The van der Waals surface area contributed by atoms with Crippen LogP contribution in [0.4, 0.5) is 16.7 Å². The van der Waals surface area contributed by atoms with Gasteiger partial charge in [0.05, 0.1) is 6.20 Å². The van der Waals surface area contributed by atoms with Crippen LogP contribution in [0.5, 0.6) is 0 Å². The molecule has 11 nitrogen and oxygen atoms in total. The summed E-state index contributed by atoms with van der Waals surface area (Å²) in [6.07, 6.45) is 9.78. The summed E-state index contributed by atoms with van der Waals surface area (Å²) in [5.41, 5.74) is 1.38. The van der Waals surface area contributed by atoms with Crippen molar-refractivity contribution in [3.8, 4) is 0 Å². The monoisotopic (exact) mass is 425 g/mol. The highest BCUT2D eigenvalue weighted by molar-refractivity contribution is 6.14. The van der Waals surface area contributed by atoms with Crippen molar-refractivity contribution in [1.29, 1.82) is 0 Å². The normalized spacial score (nSPS) is 25.0. The molecule has 0 unspecified atom stereocenters. The Labute approximate surface area is 179 Å². The van der Waals surface area contributed by atoms with Crippen LogP contribution in [0.2, 0.25) is 0 Å². The minimum Gasteiger partial charge on any atom is -0.351 e. The Morgan fingerprint density at radius 3 is 2.42 bits per heavy atom. The highest BCUT2D eigenvalue weighted by atomic mass is 16.2. The zero-order valence-corrected chi connectivity index (χ0v) is 17.4. The van der Waals surface area contributed by atoms with Crippen molar-refractivity contribution >= 4 is 35.6 Å². The zero-order valence-electron chi connectivity index (χ0n) is 17.4. The molecule has 0 aromatic carbocycles. The highest BCUT2D eigenvalue weighted by Crippen LogP contribution is 2.27. The summed E-state index contributed by atoms with van der Waals surface area (Å²) in [6.45, 7) is 3.14. The van der Waals surface area contributed by atoms with E-state index < -0.39 is 11.9 Å². The van der Waals surface area contributed by atoms with Crippen LogP contribution in [-0.4, -0.2) is 56.2 Å². The number of fused-ring (bicyclic) bond motifs is 1. The van der Waals surface area contributed by atoms with Crippen molar-refractivity contribution in [2.45, 2.75) is 63.6 Å². The summed E-state index contributed by atoms with van der Waals surface area (Å²) < 4.78 is 1.65. The number of hydrogen-bond acceptors (Lipinski definition) is 8. The first-order valence-electron chi connectivity index (χ1n) is 11.0. The third kappa shape index (κ3) is 4.31. The van der Waals surface area contributed by atoms with Crippen LogP contribution in [-0.2, 0) is 4.79 Å². The molecule has 1 saturated heterocycles. The van der Waals surface area contributed by atoms with Gasteiger partial charge in [-0.05, 0) is 51.1 Å². The van der Waals surface area contributed by atoms with Gasteiger partial charge in [-0.2, -0.15) is 19.6 Å². The predicted molar refractivity (Wildman–Crippen MR) is 115 cm³/mol. The smallest absolute Gasteiger partial charge is 0.326 e. The lowest BCUT2D eigenvalue weighted by Crippen LogP contribution is -2.37. The third-order valence-corrected chi connectivity index (χ3v) is 5.88. The number of carbonyl (C=O) groups excluding carboxylic acids is 2. The molecule has 0 spiro atoms. The molecule has 3 fully saturated rings. The van der Waals surface area contributed by atoms with Crippen LogP contribution in [0.25, 0.3) is 11.7 Å². The Bertz CT molecular complexity index is 1030. The Kier molecular flexibility index (Phi) is 5.18. The maximum atomic E-state index is 11.9. The first-order valence-corrected chi connectivity index (χ1v) is 11.0. The van der Waals surface area contributed by atoms with Crippen LogP contribution in [0.1, 0.15) is 51.0 Å². The molecule has 31 heavy (non-hydrogen) atoms. The molecule has 2 aromatic rings. The van der Waals surface area contributed by atoms with Crippen molar-refractivity contribution in [2.75, 3.05) is 17.2 Å². The second-order valence-electron chi connectivity index (χ2n) is 8.34. The van der Waals surface area contributed by atoms with E-state index in [9.17, 15) is 9.59 Å². The highest BCUT2D eigenvalue weighted by Gasteiger charge is 2.27. The Morgan fingerprint density at radius 1 is 1.03 bits per heavy atom. The van der Waals surface area contributed by atoms with E-state index >= 15 is 0 Å². The van der Waals surface area contributed by atoms with E-state index in [1.807, 2.05) is 0 Å². The quantitative estimate of drug-likeness (QED) is 0.330. The lowest BCUT2D eigenvalue weighted by Gasteiger charge is -2.29. The van der Waals surface area contributed by atoms with Crippen LogP contribution in [0.15, 0.2) is 11.9 Å². The number of nitrogens with zero attached hydrogens (tertiary/aromatic N) is 4. The van der Waals surface area contributed by atoms with Gasteiger partial charge in [0.25, 0.3) is 5.91 Å². The molecular weight excluding hydrogens is 398 g/mol. The molecule has 5 N–H and O–H groups in total. The Hall–Kier alpha value is -3.21. The van der Waals surface area contributed by atoms with Gasteiger partial charge in [0.1, 0.15) is 5.70 Å². The first kappa shape index (κ1) is 19.7. The number of imide groups is 1. The van der Waals surface area contributed by atoms with Crippen molar-refractivity contribution < 1.29 is 9.59 Å². The summed E-state index contributed by atoms with van der Waals surface area (Å²) in [5, 5.41) is 19.5. The fraction of sp³-hybridized carbons (Fsp3) is 0.550. The lowest BCUT2D eigenvalue weighted by atomic mass is 9.91. The standard InChI is InChI=1S/C20H27N9O2/c1-2-21-12-3-5-13(6-4-12)23-18-26-16-11(9-15-17(30)27-20(31)25-15)10-22-29(16)19(28-18)24-14-7-8-14/h9-10,12-14,21H,2-8H2,1H3,(H2,23,24,26,28)(H2,25,27,30,31)/b15-9-. The van der Waals surface area contributed by atoms with Gasteiger partial charge in [-0.3, -0.25) is 10.1 Å². The molecule has 3 heterocycles. The van der Waals surface area contributed by atoms with Crippen LogP contribution in [0.3, 0.4) is 0 Å². The lowest BCUT2D eigenvalue weighted by molar-refractivity contribution is -0.115. The summed E-state index contributed by atoms with van der Waals surface area (Å²) in [6, 6.07) is 0.761. The van der Waals surface area contributed by atoms with E-state index in [2.05, 4.69) is 43.6 Å². The molecule has 2 aliphatic carbocycles. The Morgan fingerprint density at radius 2 is 1.74 bits per heavy atom. The van der Waals surface area contributed by atoms with Crippen molar-refractivity contribution in [3.05, 3.63) is 17.5 Å². The zero-order chi connectivity index (χ0) is 21.4. The van der Waals surface area contributed by atoms with Gasteiger partial charge in [-0.25, -0.2) is 4.79 Å². The van der Waals surface area contributed by atoms with Crippen molar-refractivity contribution in [3.63, 3.8) is 0 Å². The average molecular weight is 425 g/mol. The van der Waals surface area contributed by atoms with Gasteiger partial charge < -0.3 is 21.3 Å². The van der Waals surface area contributed by atoms with E-state index in [0.717, 1.165) is 45.1 Å². The molecule has 3 aliphatic rings. The van der Waals surface area contributed by atoms with Crippen molar-refractivity contribution in [1.82, 2.24) is 35.5 Å². The molecule has 3 amide bonds. The number of hydrogen-bond donors (Lipinski definition) is 5. The fourth-order valence-electron chi connectivity index (χ4n) is 4.12. The van der Waals surface area contributed by atoms with E-state index in [0.29, 0.717) is 41.2 Å². The van der Waals surface area contributed by atoms with E-state index in [4.69, 9.17) is 4.98 Å². The maximum Gasteiger partial charge on any atom is 0.326 e. The second-order valence-corrected chi connectivity index (χ2v) is 8.34. The van der Waals surface area contributed by atoms with Crippen LogP contribution < -0.4 is 26.6 Å². The molecule has 0 radical (unpaired) electrons. The number of rotatable bonds is 7. The maximum absolute atomic E-state index is 11.9. The number of anilines is 2. The molecule has 164 valence electrons. The number of nitrogens with one attached hydrogen (secondary N) is 5. The summed E-state index contributed by atoms with van der Waals surface area (Å²) in [4.78, 5) is 32.7. The molecule has 11 heteroatoms. The van der Waals surface area contributed by atoms with E-state index in [1.54, 1.807) is 16.8 Å². The van der Waals surface area contributed by atoms with Gasteiger partial charge in [0.15, 0.2) is 5.65 Å². The number of urea groups is 1. The average Bonchev–Trinajstić information content (AvgIpc) is 3.38. The Balaban J connectivity index is 1.42. The topological polar surface area (TPSA) is 137 Å². The van der Waals surface area contributed by atoms with Gasteiger partial charge in [-0.1, -0.05) is 6.92 Å². The molecule has 2 aromatic heterocycles. The minimum absolute atomic E-state index is 0.173. The third-order valence-electron chi connectivity index (χ3n) is 5.88. The molecule has 0 bridgehead atoms. The van der Waals surface area contributed by atoms with E-state index in [-0.39, 0.29) is 5.70 Å².